The Morgan fingerprint density at radius 3 is 2.58 bits per heavy atom. The van der Waals surface area contributed by atoms with Crippen LogP contribution in [0.15, 0.2) is 52.1 Å². The number of benzene rings is 1. The van der Waals surface area contributed by atoms with Crippen LogP contribution in [0.2, 0.25) is 0 Å². The highest BCUT2D eigenvalue weighted by Crippen LogP contribution is 2.20. The van der Waals surface area contributed by atoms with Crippen molar-refractivity contribution in [2.45, 2.75) is 11.4 Å². The second-order valence-corrected chi connectivity index (χ2v) is 6.41. The van der Waals surface area contributed by atoms with Gasteiger partial charge in [0.05, 0.1) is 0 Å². The van der Waals surface area contributed by atoms with E-state index in [-0.39, 0.29) is 11.4 Å². The molecule has 0 amide bonds. The Bertz CT molecular complexity index is 677. The van der Waals surface area contributed by atoms with E-state index in [0.29, 0.717) is 4.47 Å². The summed E-state index contributed by atoms with van der Waals surface area (Å²) >= 11 is 3.12. The van der Waals surface area contributed by atoms with Crippen LogP contribution in [0.5, 0.6) is 0 Å². The molecule has 1 N–H and O–H groups in total. The van der Waals surface area contributed by atoms with E-state index in [1.807, 2.05) is 0 Å². The summed E-state index contributed by atoms with van der Waals surface area (Å²) in [5.74, 6) is -0.787. The average molecular weight is 345 g/mol. The van der Waals surface area contributed by atoms with Gasteiger partial charge in [0.25, 0.3) is 0 Å². The molecule has 0 unspecified atom stereocenters. The van der Waals surface area contributed by atoms with Crippen LogP contribution in [0.1, 0.15) is 5.56 Å². The lowest BCUT2D eigenvalue weighted by atomic mass is 10.3. The molecule has 0 saturated carbocycles. The Hall–Kier alpha value is -1.31. The standard InChI is InChI=1S/C12H10BrFN2O2S/c13-10-1-2-11(14)12(7-10)19(17,18)16-8-9-3-5-15-6-4-9/h1-7,16H,8H2. The molecule has 0 fully saturated rings. The number of rotatable bonds is 4. The second-order valence-electron chi connectivity index (χ2n) is 3.75. The van der Waals surface area contributed by atoms with Crippen LogP contribution in [0.4, 0.5) is 4.39 Å². The molecule has 1 heterocycles. The first-order chi connectivity index (χ1) is 8.99. The molecule has 2 aromatic rings. The van der Waals surface area contributed by atoms with Crippen LogP contribution in [0.3, 0.4) is 0 Å². The van der Waals surface area contributed by atoms with Crippen molar-refractivity contribution in [2.24, 2.45) is 0 Å². The maximum Gasteiger partial charge on any atom is 0.243 e. The zero-order valence-electron chi connectivity index (χ0n) is 9.68. The molecule has 7 heteroatoms. The Labute approximate surface area is 118 Å². The minimum atomic E-state index is -3.89. The number of nitrogens with zero attached hydrogens (tertiary/aromatic N) is 1. The lowest BCUT2D eigenvalue weighted by molar-refractivity contribution is 0.556. The van der Waals surface area contributed by atoms with Crippen molar-refractivity contribution in [3.8, 4) is 0 Å². The topological polar surface area (TPSA) is 59.1 Å². The summed E-state index contributed by atoms with van der Waals surface area (Å²) in [4.78, 5) is 3.45. The fraction of sp³-hybridized carbons (Fsp3) is 0.0833. The molecule has 0 bridgehead atoms. The molecule has 100 valence electrons. The number of aromatic nitrogens is 1. The summed E-state index contributed by atoms with van der Waals surface area (Å²) < 4.78 is 40.4. The van der Waals surface area contributed by atoms with E-state index in [1.54, 1.807) is 24.5 Å². The molecule has 0 radical (unpaired) electrons. The van der Waals surface area contributed by atoms with Crippen molar-refractivity contribution in [3.63, 3.8) is 0 Å². The number of sulfonamides is 1. The third-order valence-electron chi connectivity index (χ3n) is 2.40. The predicted octanol–water partition coefficient (Wildman–Crippen LogP) is 2.46. The maximum atomic E-state index is 13.5. The Kier molecular flexibility index (Phi) is 4.28. The first-order valence-electron chi connectivity index (χ1n) is 5.33. The third kappa shape index (κ3) is 3.59. The number of nitrogens with one attached hydrogen (secondary N) is 1. The molecular formula is C12H10BrFN2O2S. The molecule has 1 aromatic heterocycles. The lowest BCUT2D eigenvalue weighted by Gasteiger charge is -2.08. The highest BCUT2D eigenvalue weighted by atomic mass is 79.9. The molecule has 0 aliphatic heterocycles. The van der Waals surface area contributed by atoms with Crippen molar-refractivity contribution in [1.29, 1.82) is 0 Å². The van der Waals surface area contributed by atoms with Crippen molar-refractivity contribution in [2.75, 3.05) is 0 Å². The van der Waals surface area contributed by atoms with E-state index in [1.165, 1.54) is 12.1 Å². The molecule has 0 atom stereocenters. The third-order valence-corrected chi connectivity index (χ3v) is 4.31. The van der Waals surface area contributed by atoms with Gasteiger partial charge in [0.1, 0.15) is 10.7 Å². The number of pyridine rings is 1. The molecule has 0 spiro atoms. The maximum absolute atomic E-state index is 13.5. The van der Waals surface area contributed by atoms with Gasteiger partial charge in [-0.05, 0) is 35.9 Å². The highest BCUT2D eigenvalue weighted by molar-refractivity contribution is 9.10. The molecular weight excluding hydrogens is 335 g/mol. The van der Waals surface area contributed by atoms with Crippen LogP contribution in [0.25, 0.3) is 0 Å². The summed E-state index contributed by atoms with van der Waals surface area (Å²) in [5, 5.41) is 0. The largest absolute Gasteiger partial charge is 0.265 e. The van der Waals surface area contributed by atoms with Gasteiger partial charge in [0.15, 0.2) is 0 Å². The van der Waals surface area contributed by atoms with E-state index in [2.05, 4.69) is 25.6 Å². The highest BCUT2D eigenvalue weighted by Gasteiger charge is 2.18. The second kappa shape index (κ2) is 5.77. The zero-order valence-corrected chi connectivity index (χ0v) is 12.1. The molecule has 4 nitrogen and oxygen atoms in total. The van der Waals surface area contributed by atoms with Crippen molar-refractivity contribution < 1.29 is 12.8 Å². The summed E-state index contributed by atoms with van der Waals surface area (Å²) in [6, 6.07) is 7.13. The fourth-order valence-electron chi connectivity index (χ4n) is 1.44. The summed E-state index contributed by atoms with van der Waals surface area (Å²) in [6.45, 7) is 0.0802. The van der Waals surface area contributed by atoms with Gasteiger partial charge in [0.2, 0.25) is 10.0 Å². The average Bonchev–Trinajstić information content (AvgIpc) is 2.40. The minimum absolute atomic E-state index is 0.0802. The Morgan fingerprint density at radius 2 is 1.89 bits per heavy atom. The number of hydrogen-bond acceptors (Lipinski definition) is 3. The Balaban J connectivity index is 2.21. The van der Waals surface area contributed by atoms with Crippen LogP contribution in [0, 0.1) is 5.82 Å². The van der Waals surface area contributed by atoms with Crippen LogP contribution in [-0.2, 0) is 16.6 Å². The molecule has 0 saturated heterocycles. The summed E-state index contributed by atoms with van der Waals surface area (Å²) in [6.07, 6.45) is 3.12. The number of halogens is 2. The monoisotopic (exact) mass is 344 g/mol. The number of hydrogen-bond donors (Lipinski definition) is 1. The van der Waals surface area contributed by atoms with Gasteiger partial charge in [-0.15, -0.1) is 0 Å². The molecule has 1 aromatic carbocycles. The van der Waals surface area contributed by atoms with Gasteiger partial charge in [-0.25, -0.2) is 17.5 Å². The fourth-order valence-corrected chi connectivity index (χ4v) is 3.07. The van der Waals surface area contributed by atoms with Gasteiger partial charge >= 0.3 is 0 Å². The van der Waals surface area contributed by atoms with E-state index in [4.69, 9.17) is 0 Å². The first kappa shape index (κ1) is 14.1. The van der Waals surface area contributed by atoms with Crippen LogP contribution in [-0.4, -0.2) is 13.4 Å². The van der Waals surface area contributed by atoms with Gasteiger partial charge in [-0.2, -0.15) is 0 Å². The van der Waals surface area contributed by atoms with Crippen molar-refractivity contribution in [3.05, 3.63) is 58.6 Å². The van der Waals surface area contributed by atoms with Crippen molar-refractivity contribution >= 4 is 26.0 Å². The van der Waals surface area contributed by atoms with Gasteiger partial charge in [-0.3, -0.25) is 4.98 Å². The minimum Gasteiger partial charge on any atom is -0.265 e. The molecule has 2 rings (SSSR count). The molecule has 0 aliphatic carbocycles. The predicted molar refractivity (Wildman–Crippen MR) is 72.4 cm³/mol. The van der Waals surface area contributed by atoms with Crippen LogP contribution >= 0.6 is 15.9 Å². The van der Waals surface area contributed by atoms with Crippen molar-refractivity contribution in [1.82, 2.24) is 9.71 Å². The van der Waals surface area contributed by atoms with E-state index < -0.39 is 15.8 Å². The summed E-state index contributed by atoms with van der Waals surface area (Å²) in [5.41, 5.74) is 0.744. The normalized spacial score (nSPS) is 11.5. The smallest absolute Gasteiger partial charge is 0.243 e. The quantitative estimate of drug-likeness (QED) is 0.926. The van der Waals surface area contributed by atoms with Gasteiger partial charge < -0.3 is 0 Å². The lowest BCUT2D eigenvalue weighted by Crippen LogP contribution is -2.24. The van der Waals surface area contributed by atoms with E-state index >= 15 is 0 Å². The van der Waals surface area contributed by atoms with Crippen LogP contribution < -0.4 is 4.72 Å². The van der Waals surface area contributed by atoms with E-state index in [9.17, 15) is 12.8 Å². The first-order valence-corrected chi connectivity index (χ1v) is 7.60. The molecule has 0 aliphatic rings. The van der Waals surface area contributed by atoms with Gasteiger partial charge in [0, 0.05) is 23.4 Å². The van der Waals surface area contributed by atoms with E-state index in [0.717, 1.165) is 11.6 Å². The zero-order chi connectivity index (χ0) is 13.9. The molecule has 19 heavy (non-hydrogen) atoms. The SMILES string of the molecule is O=S(=O)(NCc1ccncc1)c1cc(Br)ccc1F. The summed E-state index contributed by atoms with van der Waals surface area (Å²) in [7, 11) is -3.89. The van der Waals surface area contributed by atoms with Gasteiger partial charge in [-0.1, -0.05) is 15.9 Å². The Morgan fingerprint density at radius 1 is 1.21 bits per heavy atom.